The number of aryl methyl sites for hydroxylation is 1. The van der Waals surface area contributed by atoms with Crippen LogP contribution in [0.5, 0.6) is 0 Å². The van der Waals surface area contributed by atoms with Crippen LogP contribution in [0.25, 0.3) is 11.2 Å². The van der Waals surface area contributed by atoms with Gasteiger partial charge >= 0.3 is 5.69 Å². The normalized spacial score (nSPS) is 10.7. The summed E-state index contributed by atoms with van der Waals surface area (Å²) >= 11 is 3.22. The summed E-state index contributed by atoms with van der Waals surface area (Å²) in [4.78, 5) is 27.8. The van der Waals surface area contributed by atoms with Crippen molar-refractivity contribution in [1.29, 1.82) is 0 Å². The van der Waals surface area contributed by atoms with Crippen LogP contribution in [0, 0.1) is 12.3 Å². The monoisotopic (exact) mass is 296 g/mol. The van der Waals surface area contributed by atoms with Crippen molar-refractivity contribution in [1.82, 2.24) is 18.7 Å². The van der Waals surface area contributed by atoms with Crippen LogP contribution in [0.3, 0.4) is 0 Å². The molecule has 0 saturated carbocycles. The topological polar surface area (TPSA) is 61.8 Å². The molecule has 0 aliphatic carbocycles. The van der Waals surface area contributed by atoms with Crippen LogP contribution in [-0.2, 0) is 20.6 Å². The van der Waals surface area contributed by atoms with Gasteiger partial charge in [-0.1, -0.05) is 5.92 Å². The molecule has 6 nitrogen and oxygen atoms in total. The zero-order valence-electron chi connectivity index (χ0n) is 9.27. The molecule has 0 radical (unpaired) electrons. The van der Waals surface area contributed by atoms with Crippen LogP contribution in [0.15, 0.2) is 14.3 Å². The first kappa shape index (κ1) is 11.7. The standard InChI is InChI=1S/C10H9BrN4O2/c1-4-5-15-6-7(12-9(15)11)13(2)10(17)14(3)8(6)16/h1H,5H2,2-3H3. The molecule has 0 atom stereocenters. The first-order valence-corrected chi connectivity index (χ1v) is 5.53. The van der Waals surface area contributed by atoms with Gasteiger partial charge in [-0.05, 0) is 15.9 Å². The molecule has 0 spiro atoms. The number of hydrogen-bond donors (Lipinski definition) is 0. The van der Waals surface area contributed by atoms with E-state index in [1.165, 1.54) is 11.6 Å². The number of imidazole rings is 1. The maximum Gasteiger partial charge on any atom is 0.332 e. The molecule has 0 aliphatic heterocycles. The lowest BCUT2D eigenvalue weighted by Crippen LogP contribution is -2.37. The SMILES string of the molecule is C#CCn1c(Br)nc2c1c(=O)n(C)c(=O)n2C. The fourth-order valence-corrected chi connectivity index (χ4v) is 2.13. The van der Waals surface area contributed by atoms with Gasteiger partial charge in [0.05, 0.1) is 6.54 Å². The lowest BCUT2D eigenvalue weighted by Gasteiger charge is -2.04. The maximum absolute atomic E-state index is 12.0. The first-order chi connectivity index (χ1) is 7.99. The summed E-state index contributed by atoms with van der Waals surface area (Å²) in [5.41, 5.74) is -0.184. The van der Waals surface area contributed by atoms with Gasteiger partial charge in [0.1, 0.15) is 0 Å². The number of fused-ring (bicyclic) bond motifs is 1. The lowest BCUT2D eigenvalue weighted by atomic mass is 10.5. The minimum absolute atomic E-state index is 0.213. The fraction of sp³-hybridized carbons (Fsp3) is 0.300. The van der Waals surface area contributed by atoms with Gasteiger partial charge in [0.25, 0.3) is 5.56 Å². The van der Waals surface area contributed by atoms with Crippen molar-refractivity contribution in [3.63, 3.8) is 0 Å². The van der Waals surface area contributed by atoms with E-state index in [-0.39, 0.29) is 6.54 Å². The van der Waals surface area contributed by atoms with Gasteiger partial charge in [-0.3, -0.25) is 13.9 Å². The zero-order chi connectivity index (χ0) is 12.7. The van der Waals surface area contributed by atoms with E-state index in [2.05, 4.69) is 26.8 Å². The van der Waals surface area contributed by atoms with Crippen LogP contribution in [0.1, 0.15) is 0 Å². The average Bonchev–Trinajstić information content (AvgIpc) is 2.62. The Morgan fingerprint density at radius 2 is 2.00 bits per heavy atom. The van der Waals surface area contributed by atoms with E-state index >= 15 is 0 Å². The average molecular weight is 297 g/mol. The smallest absolute Gasteiger partial charge is 0.301 e. The molecule has 88 valence electrons. The van der Waals surface area contributed by atoms with Gasteiger partial charge in [0.2, 0.25) is 0 Å². The van der Waals surface area contributed by atoms with E-state index in [0.29, 0.717) is 15.9 Å². The molecule has 0 bridgehead atoms. The molecule has 2 rings (SSSR count). The van der Waals surface area contributed by atoms with Crippen LogP contribution in [0.2, 0.25) is 0 Å². The molecule has 0 unspecified atom stereocenters. The van der Waals surface area contributed by atoms with Gasteiger partial charge < -0.3 is 4.57 Å². The molecule has 7 heteroatoms. The van der Waals surface area contributed by atoms with Gasteiger partial charge in [0, 0.05) is 14.1 Å². The number of aromatic nitrogens is 4. The van der Waals surface area contributed by atoms with E-state index in [0.717, 1.165) is 4.57 Å². The highest BCUT2D eigenvalue weighted by Gasteiger charge is 2.16. The van der Waals surface area contributed by atoms with Crippen molar-refractivity contribution in [3.05, 3.63) is 25.6 Å². The highest BCUT2D eigenvalue weighted by atomic mass is 79.9. The molecule has 0 aliphatic rings. The Kier molecular flexibility index (Phi) is 2.67. The Morgan fingerprint density at radius 1 is 1.35 bits per heavy atom. The molecule has 0 saturated heterocycles. The number of nitrogens with zero attached hydrogens (tertiary/aromatic N) is 4. The number of hydrogen-bond acceptors (Lipinski definition) is 3. The van der Waals surface area contributed by atoms with Crippen molar-refractivity contribution >= 4 is 27.1 Å². The molecule has 0 aromatic carbocycles. The molecular weight excluding hydrogens is 288 g/mol. The maximum atomic E-state index is 12.0. The lowest BCUT2D eigenvalue weighted by molar-refractivity contribution is 0.704. The highest BCUT2D eigenvalue weighted by molar-refractivity contribution is 9.10. The Bertz CT molecular complexity index is 760. The van der Waals surface area contributed by atoms with Gasteiger partial charge in [-0.25, -0.2) is 9.78 Å². The highest BCUT2D eigenvalue weighted by Crippen LogP contribution is 2.15. The van der Waals surface area contributed by atoms with E-state index < -0.39 is 11.2 Å². The summed E-state index contributed by atoms with van der Waals surface area (Å²) < 4.78 is 4.33. The van der Waals surface area contributed by atoms with Gasteiger partial charge in [-0.2, -0.15) is 0 Å². The molecule has 2 heterocycles. The van der Waals surface area contributed by atoms with Crippen LogP contribution in [-0.4, -0.2) is 18.7 Å². The van der Waals surface area contributed by atoms with E-state index in [4.69, 9.17) is 6.42 Å². The summed E-state index contributed by atoms with van der Waals surface area (Å²) in [7, 11) is 2.98. The van der Waals surface area contributed by atoms with E-state index in [1.54, 1.807) is 11.6 Å². The molecular formula is C10H9BrN4O2. The minimum atomic E-state index is -0.416. The third kappa shape index (κ3) is 1.52. The second-order valence-electron chi connectivity index (χ2n) is 3.55. The fourth-order valence-electron chi connectivity index (χ4n) is 1.66. The summed E-state index contributed by atoms with van der Waals surface area (Å²) in [6.07, 6.45) is 5.24. The minimum Gasteiger partial charge on any atom is -0.301 e. The number of rotatable bonds is 1. The Balaban J connectivity index is 3.09. The summed E-state index contributed by atoms with van der Waals surface area (Å²) in [6.45, 7) is 0.213. The number of halogens is 1. The van der Waals surface area contributed by atoms with E-state index in [1.807, 2.05) is 0 Å². The quantitative estimate of drug-likeness (QED) is 0.542. The Morgan fingerprint density at radius 3 is 2.59 bits per heavy atom. The molecule has 0 N–H and O–H groups in total. The zero-order valence-corrected chi connectivity index (χ0v) is 10.9. The molecule has 2 aromatic heterocycles. The number of terminal acetylenes is 1. The Hall–Kier alpha value is -1.81. The molecule has 0 fully saturated rings. The van der Waals surface area contributed by atoms with Crippen molar-refractivity contribution < 1.29 is 0 Å². The summed E-state index contributed by atoms with van der Waals surface area (Å²) in [5.74, 6) is 2.44. The van der Waals surface area contributed by atoms with Gasteiger partial charge in [0.15, 0.2) is 15.9 Å². The van der Waals surface area contributed by atoms with Crippen molar-refractivity contribution in [2.24, 2.45) is 14.1 Å². The van der Waals surface area contributed by atoms with Crippen molar-refractivity contribution in [2.45, 2.75) is 6.54 Å². The predicted molar refractivity (Wildman–Crippen MR) is 66.7 cm³/mol. The third-order valence-corrected chi connectivity index (χ3v) is 3.16. The second kappa shape index (κ2) is 3.89. The largest absolute Gasteiger partial charge is 0.332 e. The first-order valence-electron chi connectivity index (χ1n) is 4.74. The summed E-state index contributed by atoms with van der Waals surface area (Å²) in [6, 6.07) is 0. The third-order valence-electron chi connectivity index (χ3n) is 2.55. The van der Waals surface area contributed by atoms with Crippen LogP contribution in [0.4, 0.5) is 0 Å². The van der Waals surface area contributed by atoms with Crippen molar-refractivity contribution in [2.75, 3.05) is 0 Å². The van der Waals surface area contributed by atoms with Crippen molar-refractivity contribution in [3.8, 4) is 12.3 Å². The summed E-state index contributed by atoms with van der Waals surface area (Å²) in [5, 5.41) is 0. The van der Waals surface area contributed by atoms with Crippen LogP contribution >= 0.6 is 15.9 Å². The van der Waals surface area contributed by atoms with Crippen LogP contribution < -0.4 is 11.2 Å². The van der Waals surface area contributed by atoms with Gasteiger partial charge in [-0.15, -0.1) is 6.42 Å². The second-order valence-corrected chi connectivity index (χ2v) is 4.26. The Labute approximate surface area is 105 Å². The van der Waals surface area contributed by atoms with E-state index in [9.17, 15) is 9.59 Å². The predicted octanol–water partition coefficient (Wildman–Crippen LogP) is -0.171. The molecule has 17 heavy (non-hydrogen) atoms. The molecule has 0 amide bonds. The molecule has 2 aromatic rings.